The maximum Gasteiger partial charge on any atom is 0.416 e. The zero-order chi connectivity index (χ0) is 40.2. The fourth-order valence-corrected chi connectivity index (χ4v) is 9.02. The Balaban J connectivity index is 0.895. The number of imidazole rings is 1. The summed E-state index contributed by atoms with van der Waals surface area (Å²) in [6.07, 6.45) is 0.741. The summed E-state index contributed by atoms with van der Waals surface area (Å²) in [5.41, 5.74) is 1.51. The number of amides is 3. The summed E-state index contributed by atoms with van der Waals surface area (Å²) in [7, 11) is 3.06. The van der Waals surface area contributed by atoms with Gasteiger partial charge in [-0.25, -0.2) is 9.18 Å². The second-order valence-electron chi connectivity index (χ2n) is 15.5. The van der Waals surface area contributed by atoms with Crippen LogP contribution in [0.15, 0.2) is 65.6 Å². The SMILES string of the molecule is COc1cc2nn(C3CCC(CN4CC[C@@H](c5cccc6c5n(C)c(=O)n6C5CCC(=O)NC5=O)[C@H](F)C4)CC3)cc2cc1C(=O)Nc1cccc(C(F)(F)F)c1. The quantitative estimate of drug-likeness (QED) is 0.136. The fraction of sp³-hybridized carbons (Fsp3) is 0.439. The van der Waals surface area contributed by atoms with Gasteiger partial charge in [-0.15, -0.1) is 0 Å². The van der Waals surface area contributed by atoms with Crippen molar-refractivity contribution in [3.63, 3.8) is 0 Å². The summed E-state index contributed by atoms with van der Waals surface area (Å²) < 4.78 is 66.1. The molecule has 3 atom stereocenters. The third-order valence-electron chi connectivity index (χ3n) is 11.9. The number of alkyl halides is 4. The highest BCUT2D eigenvalue weighted by molar-refractivity contribution is 6.08. The van der Waals surface area contributed by atoms with Gasteiger partial charge in [0.05, 0.1) is 40.8 Å². The van der Waals surface area contributed by atoms with E-state index in [-0.39, 0.29) is 54.0 Å². The second-order valence-corrected chi connectivity index (χ2v) is 15.5. The Kier molecular flexibility index (Phi) is 10.2. The molecule has 5 aromatic rings. The molecule has 0 bridgehead atoms. The van der Waals surface area contributed by atoms with Crippen molar-refractivity contribution in [1.82, 2.24) is 29.1 Å². The molecule has 0 radical (unpaired) electrons. The van der Waals surface area contributed by atoms with Crippen molar-refractivity contribution in [2.45, 2.75) is 75.3 Å². The largest absolute Gasteiger partial charge is 0.496 e. The first kappa shape index (κ1) is 38.4. The summed E-state index contributed by atoms with van der Waals surface area (Å²) in [5.74, 6) is -1.25. The van der Waals surface area contributed by atoms with Gasteiger partial charge in [-0.05, 0) is 86.9 Å². The molecule has 1 unspecified atom stereocenters. The van der Waals surface area contributed by atoms with Crippen molar-refractivity contribution >= 4 is 45.3 Å². The van der Waals surface area contributed by atoms with Crippen molar-refractivity contribution < 1.29 is 36.7 Å². The topological polar surface area (TPSA) is 132 Å². The Morgan fingerprint density at radius 3 is 2.49 bits per heavy atom. The molecule has 1 saturated carbocycles. The molecule has 16 heteroatoms. The molecule has 8 rings (SSSR count). The number of rotatable bonds is 8. The van der Waals surface area contributed by atoms with Crippen molar-refractivity contribution in [3.05, 3.63) is 88.0 Å². The number of hydrogen-bond acceptors (Lipinski definition) is 7. The lowest BCUT2D eigenvalue weighted by atomic mass is 9.83. The number of hydrogen-bond donors (Lipinski definition) is 2. The predicted octanol–water partition coefficient (Wildman–Crippen LogP) is 6.51. The van der Waals surface area contributed by atoms with Crippen molar-refractivity contribution in [2.75, 3.05) is 32.1 Å². The molecule has 2 aliphatic heterocycles. The molecule has 12 nitrogen and oxygen atoms in total. The lowest BCUT2D eigenvalue weighted by Crippen LogP contribution is -2.44. The highest BCUT2D eigenvalue weighted by Gasteiger charge is 2.37. The number of methoxy groups -OCH3 is 1. The van der Waals surface area contributed by atoms with Gasteiger partial charge in [-0.1, -0.05) is 18.2 Å². The number of fused-ring (bicyclic) bond motifs is 2. The van der Waals surface area contributed by atoms with E-state index in [9.17, 15) is 32.3 Å². The maximum atomic E-state index is 16.1. The molecule has 4 heterocycles. The van der Waals surface area contributed by atoms with Gasteiger partial charge in [-0.3, -0.25) is 33.5 Å². The van der Waals surface area contributed by atoms with Gasteiger partial charge >= 0.3 is 11.9 Å². The van der Waals surface area contributed by atoms with Gasteiger partial charge in [-0.2, -0.15) is 18.3 Å². The van der Waals surface area contributed by atoms with E-state index in [4.69, 9.17) is 9.84 Å². The number of aromatic nitrogens is 4. The van der Waals surface area contributed by atoms with E-state index in [1.807, 2.05) is 16.9 Å². The number of benzene rings is 3. The summed E-state index contributed by atoms with van der Waals surface area (Å²) in [5, 5.41) is 10.4. The first-order valence-electron chi connectivity index (χ1n) is 19.2. The Morgan fingerprint density at radius 2 is 1.77 bits per heavy atom. The number of carbonyl (C=O) groups is 3. The molecule has 300 valence electrons. The minimum Gasteiger partial charge on any atom is -0.496 e. The number of piperidine rings is 2. The molecular weight excluding hydrogens is 746 g/mol. The minimum atomic E-state index is -4.54. The molecule has 3 aliphatic rings. The number of nitrogens with zero attached hydrogens (tertiary/aromatic N) is 5. The maximum absolute atomic E-state index is 16.1. The van der Waals surface area contributed by atoms with Crippen LogP contribution < -0.4 is 21.1 Å². The molecular formula is C41H43F4N7O5. The van der Waals surface area contributed by atoms with Gasteiger partial charge in [0.1, 0.15) is 18.0 Å². The van der Waals surface area contributed by atoms with Gasteiger partial charge in [0.25, 0.3) is 5.91 Å². The minimum absolute atomic E-state index is 0.0146. The average molecular weight is 790 g/mol. The molecule has 2 N–H and O–H groups in total. The molecule has 2 aromatic heterocycles. The van der Waals surface area contributed by atoms with Gasteiger partial charge in [0.2, 0.25) is 11.8 Å². The molecule has 3 amide bonds. The number of anilines is 1. The Labute approximate surface area is 324 Å². The Hall–Kier alpha value is -5.51. The van der Waals surface area contributed by atoms with E-state index in [0.717, 1.165) is 49.9 Å². The van der Waals surface area contributed by atoms with Crippen molar-refractivity contribution in [3.8, 4) is 5.75 Å². The molecule has 2 saturated heterocycles. The van der Waals surface area contributed by atoms with Crippen molar-refractivity contribution in [1.29, 1.82) is 0 Å². The molecule has 1 aliphatic carbocycles. The molecule has 3 fully saturated rings. The smallest absolute Gasteiger partial charge is 0.416 e. The summed E-state index contributed by atoms with van der Waals surface area (Å²) in [6, 6.07) is 12.5. The third-order valence-corrected chi connectivity index (χ3v) is 11.9. The number of carbonyl (C=O) groups excluding carboxylic acids is 3. The van der Waals surface area contributed by atoms with Gasteiger partial charge < -0.3 is 15.0 Å². The number of likely N-dealkylation sites (tertiary alicyclic amines) is 1. The highest BCUT2D eigenvalue weighted by Crippen LogP contribution is 2.39. The van der Waals surface area contributed by atoms with Gasteiger partial charge in [0.15, 0.2) is 0 Å². The first-order chi connectivity index (χ1) is 27.3. The van der Waals surface area contributed by atoms with Crippen LogP contribution in [0, 0.1) is 5.92 Å². The van der Waals surface area contributed by atoms with Crippen LogP contribution >= 0.6 is 0 Å². The van der Waals surface area contributed by atoms with Gasteiger partial charge in [0, 0.05) is 55.8 Å². The highest BCUT2D eigenvalue weighted by atomic mass is 19.4. The van der Waals surface area contributed by atoms with E-state index in [0.29, 0.717) is 40.8 Å². The second kappa shape index (κ2) is 15.1. The lowest BCUT2D eigenvalue weighted by Gasteiger charge is -2.38. The zero-order valence-electron chi connectivity index (χ0n) is 31.5. The monoisotopic (exact) mass is 789 g/mol. The van der Waals surface area contributed by atoms with Crippen molar-refractivity contribution in [2.24, 2.45) is 13.0 Å². The van der Waals surface area contributed by atoms with Crippen LogP contribution in [-0.2, 0) is 22.8 Å². The standard InChI is InChI=1S/C41H43F4N7O5/c1-49-37-29(7-4-8-33(37)52(40(49)56)34-13-14-36(53)47-39(34)55)28-15-16-50(22-31(28)42)20-23-9-11-27(12-10-23)51-21-24-17-30(35(57-2)19-32(24)48-51)38(54)46-26-6-3-5-25(18-26)41(43,44)45/h3-8,17-19,21,23,27-28,31,34H,9-16,20,22H2,1-2H3,(H,46,54)(H,47,53,55)/t23?,27?,28-,31+,34?/m0/s1. The van der Waals surface area contributed by atoms with E-state index >= 15 is 4.39 Å². The zero-order valence-corrected chi connectivity index (χ0v) is 31.5. The number of ether oxygens (including phenoxy) is 1. The summed E-state index contributed by atoms with van der Waals surface area (Å²) in [4.78, 5) is 53.3. The lowest BCUT2D eigenvalue weighted by molar-refractivity contribution is -0.138. The van der Waals surface area contributed by atoms with Crippen LogP contribution in [0.4, 0.5) is 23.2 Å². The number of imide groups is 1. The van der Waals surface area contributed by atoms with E-state index in [2.05, 4.69) is 15.5 Å². The van der Waals surface area contributed by atoms with Crippen LogP contribution in [0.3, 0.4) is 0 Å². The van der Waals surface area contributed by atoms with Crippen LogP contribution in [0.25, 0.3) is 21.9 Å². The average Bonchev–Trinajstić information content (AvgIpc) is 3.72. The van der Waals surface area contributed by atoms with E-state index in [1.165, 1.54) is 28.4 Å². The normalized spacial score (nSPS) is 23.5. The Morgan fingerprint density at radius 1 is 1.00 bits per heavy atom. The van der Waals surface area contributed by atoms with E-state index < -0.39 is 41.7 Å². The van der Waals surface area contributed by atoms with E-state index in [1.54, 1.807) is 31.3 Å². The predicted molar refractivity (Wildman–Crippen MR) is 204 cm³/mol. The molecule has 57 heavy (non-hydrogen) atoms. The molecule has 0 spiro atoms. The number of aryl methyl sites for hydroxylation is 1. The Bertz CT molecular complexity index is 2430. The van der Waals surface area contributed by atoms with Crippen LogP contribution in [0.2, 0.25) is 0 Å². The number of halogens is 4. The first-order valence-corrected chi connectivity index (χ1v) is 19.2. The number of nitrogens with one attached hydrogen (secondary N) is 2. The summed E-state index contributed by atoms with van der Waals surface area (Å²) in [6.45, 7) is 1.76. The number of para-hydroxylation sites is 1. The van der Waals surface area contributed by atoms with Crippen LogP contribution in [0.5, 0.6) is 5.75 Å². The fourth-order valence-electron chi connectivity index (χ4n) is 9.02. The summed E-state index contributed by atoms with van der Waals surface area (Å²) >= 11 is 0. The van der Waals surface area contributed by atoms with Crippen LogP contribution in [-0.4, -0.2) is 74.5 Å². The van der Waals surface area contributed by atoms with Crippen LogP contribution in [0.1, 0.15) is 84.4 Å². The third kappa shape index (κ3) is 7.42. The molecule has 3 aromatic carbocycles.